The second-order valence-electron chi connectivity index (χ2n) is 6.52. The molecule has 0 fully saturated rings. The molecule has 154 valence electrons. The van der Waals surface area contributed by atoms with E-state index in [0.717, 1.165) is 24.0 Å². The van der Waals surface area contributed by atoms with Crippen molar-refractivity contribution < 1.29 is 59.8 Å². The predicted molar refractivity (Wildman–Crippen MR) is 108 cm³/mol. The first-order chi connectivity index (χ1) is 13.2. The van der Waals surface area contributed by atoms with Gasteiger partial charge in [-0.3, -0.25) is 6.08 Å². The van der Waals surface area contributed by atoms with Crippen LogP contribution in [0.1, 0.15) is 34.6 Å². The Hall–Kier alpha value is -1.41. The van der Waals surface area contributed by atoms with E-state index in [1.165, 1.54) is 23.8 Å². The molecule has 0 saturated carbocycles. The van der Waals surface area contributed by atoms with Gasteiger partial charge >= 0.3 is 26.2 Å². The minimum atomic E-state index is -0.485. The Morgan fingerprint density at radius 3 is 2.20 bits per heavy atom. The van der Waals surface area contributed by atoms with Crippen LogP contribution >= 0.6 is 0 Å². The van der Waals surface area contributed by atoms with Crippen molar-refractivity contribution in [1.29, 1.82) is 0 Å². The van der Waals surface area contributed by atoms with Gasteiger partial charge in [-0.05, 0) is 25.0 Å². The maximum absolute atomic E-state index is 13.6. The van der Waals surface area contributed by atoms with Crippen LogP contribution in [-0.4, -0.2) is 0 Å². The molecule has 0 bridgehead atoms. The molecule has 1 atom stereocenters. The predicted octanol–water partition coefficient (Wildman–Crippen LogP) is 0.651. The van der Waals surface area contributed by atoms with E-state index in [9.17, 15) is 8.78 Å². The molecule has 3 aromatic rings. The molecule has 0 aliphatic heterocycles. The van der Waals surface area contributed by atoms with E-state index in [2.05, 4.69) is 36.9 Å². The van der Waals surface area contributed by atoms with E-state index in [0.29, 0.717) is 6.42 Å². The third-order valence-corrected chi connectivity index (χ3v) is 4.65. The zero-order chi connectivity index (χ0) is 19.1. The Morgan fingerprint density at radius 1 is 0.933 bits per heavy atom. The van der Waals surface area contributed by atoms with Crippen LogP contribution in [0, 0.1) is 17.7 Å². The van der Waals surface area contributed by atoms with Gasteiger partial charge in [0.05, 0.1) is 0 Å². The van der Waals surface area contributed by atoms with Crippen molar-refractivity contribution in [2.45, 2.75) is 25.2 Å². The molecule has 1 aliphatic carbocycles. The molecule has 0 spiro atoms. The number of hydrogen-bond donors (Lipinski definition) is 0. The van der Waals surface area contributed by atoms with Crippen molar-refractivity contribution >= 4 is 6.08 Å². The number of hydrogen-bond acceptors (Lipinski definition) is 0. The van der Waals surface area contributed by atoms with Gasteiger partial charge < -0.3 is 24.8 Å². The summed E-state index contributed by atoms with van der Waals surface area (Å²) in [7, 11) is 0. The van der Waals surface area contributed by atoms with Crippen molar-refractivity contribution in [2.75, 3.05) is 0 Å². The summed E-state index contributed by atoms with van der Waals surface area (Å²) in [6.07, 6.45) is 9.54. The van der Waals surface area contributed by atoms with E-state index < -0.39 is 11.6 Å². The SMILES string of the molecule is C=CCC[c-]1cccc1.Fc1cccc(F)c1CC1[C-]=Cc2ccccc21.[Cl-].[Cl-].[Zr+4]. The summed E-state index contributed by atoms with van der Waals surface area (Å²) in [5.41, 5.74) is 3.72. The van der Waals surface area contributed by atoms with Gasteiger partial charge in [0.1, 0.15) is 11.6 Å². The molecule has 0 amide bonds. The molecule has 0 aromatic heterocycles. The van der Waals surface area contributed by atoms with Gasteiger partial charge in [0.2, 0.25) is 0 Å². The molecule has 0 nitrogen and oxygen atoms in total. The van der Waals surface area contributed by atoms with Gasteiger partial charge in [0.25, 0.3) is 0 Å². The molecular weight excluding hydrogens is 500 g/mol. The zero-order valence-corrected chi connectivity index (χ0v) is 20.4. The number of aryl methyl sites for hydroxylation is 1. The van der Waals surface area contributed by atoms with E-state index >= 15 is 0 Å². The van der Waals surface area contributed by atoms with Crippen LogP contribution in [0.25, 0.3) is 6.08 Å². The van der Waals surface area contributed by atoms with E-state index in [-0.39, 0.29) is 62.5 Å². The summed E-state index contributed by atoms with van der Waals surface area (Å²) in [6.45, 7) is 3.66. The first kappa shape index (κ1) is 28.6. The second-order valence-corrected chi connectivity index (χ2v) is 6.52. The largest absolute Gasteiger partial charge is 4.00 e. The molecule has 0 saturated heterocycles. The number of allylic oxidation sites excluding steroid dienone is 2. The Balaban J connectivity index is 0.000000608. The Labute approximate surface area is 209 Å². The average molecular weight is 523 g/mol. The van der Waals surface area contributed by atoms with Crippen LogP contribution in [0.3, 0.4) is 0 Å². The monoisotopic (exact) mass is 520 g/mol. The summed E-state index contributed by atoms with van der Waals surface area (Å²) in [4.78, 5) is 0. The standard InChI is InChI=1S/C16H11F2.C9H11.2ClH.Zr/c17-15-6-3-7-16(18)14(15)10-12-9-8-11-4-1-2-5-13(11)12;1-2-3-6-9-7-4-5-8-9;;;/h1-8,12H,10H2;2,4-5,7-8H,1,3,6H2;2*1H;/q2*-1;;;+4/p-2. The summed E-state index contributed by atoms with van der Waals surface area (Å²) < 4.78 is 27.2. The molecule has 3 aromatic carbocycles. The molecule has 4 rings (SSSR count). The maximum atomic E-state index is 13.6. The zero-order valence-electron chi connectivity index (χ0n) is 16.4. The van der Waals surface area contributed by atoms with Crippen LogP contribution in [0.2, 0.25) is 0 Å². The summed E-state index contributed by atoms with van der Waals surface area (Å²) in [5, 5.41) is 0. The first-order valence-electron chi connectivity index (χ1n) is 9.11. The van der Waals surface area contributed by atoms with Crippen LogP contribution in [0.15, 0.2) is 79.4 Å². The summed E-state index contributed by atoms with van der Waals surface area (Å²) in [5.74, 6) is -1.03. The van der Waals surface area contributed by atoms with Crippen molar-refractivity contribution in [3.8, 4) is 0 Å². The van der Waals surface area contributed by atoms with Gasteiger partial charge in [-0.15, -0.1) is 18.2 Å². The molecule has 1 unspecified atom stereocenters. The first-order valence-corrected chi connectivity index (χ1v) is 9.11. The van der Waals surface area contributed by atoms with Crippen molar-refractivity contribution in [1.82, 2.24) is 0 Å². The normalized spacial score (nSPS) is 12.9. The minimum absolute atomic E-state index is 0. The molecular formula is C25H22Cl2F2Zr. The van der Waals surface area contributed by atoms with Gasteiger partial charge in [0, 0.05) is 5.56 Å². The Bertz CT molecular complexity index is 900. The van der Waals surface area contributed by atoms with Crippen molar-refractivity contribution in [3.05, 3.63) is 119 Å². The molecule has 30 heavy (non-hydrogen) atoms. The van der Waals surface area contributed by atoms with E-state index in [4.69, 9.17) is 0 Å². The number of rotatable bonds is 5. The second kappa shape index (κ2) is 14.6. The van der Waals surface area contributed by atoms with Crippen LogP contribution in [0.4, 0.5) is 8.78 Å². The van der Waals surface area contributed by atoms with Gasteiger partial charge in [-0.1, -0.05) is 42.7 Å². The average Bonchev–Trinajstić information content (AvgIpc) is 3.34. The summed E-state index contributed by atoms with van der Waals surface area (Å²) >= 11 is 0. The number of halogens is 4. The van der Waals surface area contributed by atoms with Gasteiger partial charge in [-0.2, -0.15) is 23.3 Å². The molecule has 0 N–H and O–H groups in total. The van der Waals surface area contributed by atoms with Crippen LogP contribution in [-0.2, 0) is 39.0 Å². The van der Waals surface area contributed by atoms with Gasteiger partial charge in [0.15, 0.2) is 0 Å². The number of benzene rings is 2. The Kier molecular flexibility index (Phi) is 13.9. The summed E-state index contributed by atoms with van der Waals surface area (Å²) in [6, 6.07) is 20.2. The molecule has 5 heteroatoms. The number of fused-ring (bicyclic) bond motifs is 1. The minimum Gasteiger partial charge on any atom is -1.00 e. The van der Waals surface area contributed by atoms with Crippen LogP contribution < -0.4 is 24.8 Å². The molecule has 1 aliphatic rings. The fourth-order valence-corrected chi connectivity index (χ4v) is 3.19. The Morgan fingerprint density at radius 2 is 1.57 bits per heavy atom. The fourth-order valence-electron chi connectivity index (χ4n) is 3.19. The quantitative estimate of drug-likeness (QED) is 0.341. The van der Waals surface area contributed by atoms with Gasteiger partial charge in [-0.25, -0.2) is 27.0 Å². The molecule has 0 radical (unpaired) electrons. The third kappa shape index (κ3) is 7.69. The maximum Gasteiger partial charge on any atom is 4.00 e. The van der Waals surface area contributed by atoms with Crippen molar-refractivity contribution in [3.63, 3.8) is 0 Å². The topological polar surface area (TPSA) is 0 Å². The van der Waals surface area contributed by atoms with E-state index in [1.54, 1.807) is 0 Å². The third-order valence-electron chi connectivity index (χ3n) is 4.65. The smallest absolute Gasteiger partial charge is 1.00 e. The van der Waals surface area contributed by atoms with Crippen molar-refractivity contribution in [2.24, 2.45) is 0 Å². The fraction of sp³-hybridized carbons (Fsp3) is 0.160. The van der Waals surface area contributed by atoms with E-state index in [1.807, 2.05) is 36.4 Å². The molecule has 0 heterocycles. The van der Waals surface area contributed by atoms with Crippen LogP contribution in [0.5, 0.6) is 0 Å².